The van der Waals surface area contributed by atoms with E-state index in [2.05, 4.69) is 37.9 Å². The molecule has 0 saturated carbocycles. The minimum atomic E-state index is 0.395. The summed E-state index contributed by atoms with van der Waals surface area (Å²) in [5.41, 5.74) is 0. The van der Waals surface area contributed by atoms with Gasteiger partial charge < -0.3 is 10.1 Å². The van der Waals surface area contributed by atoms with Crippen LogP contribution >= 0.6 is 0 Å². The Morgan fingerprint density at radius 2 is 2.19 bits per heavy atom. The first-order chi connectivity index (χ1) is 7.65. The van der Waals surface area contributed by atoms with Gasteiger partial charge in [-0.3, -0.25) is 4.90 Å². The lowest BCUT2D eigenvalue weighted by Gasteiger charge is -2.38. The fourth-order valence-corrected chi connectivity index (χ4v) is 2.25. The summed E-state index contributed by atoms with van der Waals surface area (Å²) in [5.74, 6) is 0.705. The van der Waals surface area contributed by atoms with Gasteiger partial charge in [-0.05, 0) is 39.3 Å². The Balaban J connectivity index is 2.28. The Kier molecular flexibility index (Phi) is 6.32. The molecular formula is C13H28N2O. The maximum atomic E-state index is 5.58. The number of hydrogen-bond donors (Lipinski definition) is 1. The molecule has 0 aromatic rings. The summed E-state index contributed by atoms with van der Waals surface area (Å²) in [4.78, 5) is 2.56. The molecule has 3 nitrogen and oxygen atoms in total. The molecule has 1 N–H and O–H groups in total. The van der Waals surface area contributed by atoms with Crippen LogP contribution in [0.3, 0.4) is 0 Å². The molecule has 1 rings (SSSR count). The summed E-state index contributed by atoms with van der Waals surface area (Å²) < 4.78 is 5.58. The first-order valence-corrected chi connectivity index (χ1v) is 6.71. The SMILES string of the molecule is CCCNCC(C)C(C)N1CCOC(C)C1. The van der Waals surface area contributed by atoms with Crippen molar-refractivity contribution < 1.29 is 4.74 Å². The fraction of sp³-hybridized carbons (Fsp3) is 1.00. The molecule has 0 radical (unpaired) electrons. The molecule has 0 amide bonds. The molecule has 1 fully saturated rings. The Labute approximate surface area is 101 Å². The summed E-state index contributed by atoms with van der Waals surface area (Å²) in [6.45, 7) is 14.4. The van der Waals surface area contributed by atoms with E-state index in [0.717, 1.165) is 32.8 Å². The normalized spacial score (nSPS) is 26.6. The Morgan fingerprint density at radius 1 is 1.44 bits per heavy atom. The lowest BCUT2D eigenvalue weighted by atomic mass is 10.0. The van der Waals surface area contributed by atoms with Crippen molar-refractivity contribution in [3.05, 3.63) is 0 Å². The lowest BCUT2D eigenvalue weighted by molar-refractivity contribution is -0.0388. The van der Waals surface area contributed by atoms with Gasteiger partial charge in [-0.25, -0.2) is 0 Å². The molecule has 3 heteroatoms. The molecule has 3 atom stereocenters. The second-order valence-corrected chi connectivity index (χ2v) is 5.10. The zero-order chi connectivity index (χ0) is 12.0. The van der Waals surface area contributed by atoms with Gasteiger partial charge in [0.2, 0.25) is 0 Å². The van der Waals surface area contributed by atoms with Gasteiger partial charge in [-0.15, -0.1) is 0 Å². The minimum Gasteiger partial charge on any atom is -0.376 e. The van der Waals surface area contributed by atoms with Gasteiger partial charge in [0.15, 0.2) is 0 Å². The number of ether oxygens (including phenoxy) is 1. The monoisotopic (exact) mass is 228 g/mol. The summed E-state index contributed by atoms with van der Waals surface area (Å²) in [6, 6.07) is 0.649. The van der Waals surface area contributed by atoms with Gasteiger partial charge in [0, 0.05) is 19.1 Å². The molecule has 1 saturated heterocycles. The van der Waals surface area contributed by atoms with E-state index in [0.29, 0.717) is 18.1 Å². The topological polar surface area (TPSA) is 24.5 Å². The number of hydrogen-bond acceptors (Lipinski definition) is 3. The number of nitrogens with zero attached hydrogens (tertiary/aromatic N) is 1. The van der Waals surface area contributed by atoms with Crippen molar-refractivity contribution in [3.63, 3.8) is 0 Å². The highest BCUT2D eigenvalue weighted by molar-refractivity contribution is 4.78. The van der Waals surface area contributed by atoms with E-state index < -0.39 is 0 Å². The molecule has 0 spiro atoms. The molecule has 0 aliphatic carbocycles. The van der Waals surface area contributed by atoms with E-state index >= 15 is 0 Å². The second-order valence-electron chi connectivity index (χ2n) is 5.10. The Morgan fingerprint density at radius 3 is 2.81 bits per heavy atom. The van der Waals surface area contributed by atoms with Crippen LogP contribution in [-0.4, -0.2) is 49.8 Å². The summed E-state index contributed by atoms with van der Waals surface area (Å²) >= 11 is 0. The van der Waals surface area contributed by atoms with Crippen molar-refractivity contribution >= 4 is 0 Å². The maximum absolute atomic E-state index is 5.58. The third kappa shape index (κ3) is 4.40. The molecule has 16 heavy (non-hydrogen) atoms. The van der Waals surface area contributed by atoms with E-state index in [1.165, 1.54) is 6.42 Å². The molecule has 0 bridgehead atoms. The van der Waals surface area contributed by atoms with Gasteiger partial charge in [-0.1, -0.05) is 13.8 Å². The predicted octanol–water partition coefficient (Wildman–Crippen LogP) is 1.73. The van der Waals surface area contributed by atoms with Crippen molar-refractivity contribution in [2.24, 2.45) is 5.92 Å². The number of nitrogens with one attached hydrogen (secondary N) is 1. The number of morpholine rings is 1. The highest BCUT2D eigenvalue weighted by atomic mass is 16.5. The van der Waals surface area contributed by atoms with Crippen molar-refractivity contribution in [1.82, 2.24) is 10.2 Å². The van der Waals surface area contributed by atoms with Gasteiger partial charge >= 0.3 is 0 Å². The van der Waals surface area contributed by atoms with Gasteiger partial charge in [0.25, 0.3) is 0 Å². The van der Waals surface area contributed by atoms with Crippen molar-refractivity contribution in [3.8, 4) is 0 Å². The van der Waals surface area contributed by atoms with E-state index in [4.69, 9.17) is 4.74 Å². The van der Waals surface area contributed by atoms with Crippen molar-refractivity contribution in [1.29, 1.82) is 0 Å². The van der Waals surface area contributed by atoms with Crippen LogP contribution in [-0.2, 0) is 4.74 Å². The van der Waals surface area contributed by atoms with Crippen LogP contribution in [0.25, 0.3) is 0 Å². The molecule has 1 aliphatic rings. The summed E-state index contributed by atoms with van der Waals surface area (Å²) in [6.07, 6.45) is 1.61. The quantitative estimate of drug-likeness (QED) is 0.701. The van der Waals surface area contributed by atoms with Crippen LogP contribution in [0.2, 0.25) is 0 Å². The molecule has 0 aromatic carbocycles. The fourth-order valence-electron chi connectivity index (χ4n) is 2.25. The molecule has 3 unspecified atom stereocenters. The molecule has 0 aromatic heterocycles. The van der Waals surface area contributed by atoms with Crippen LogP contribution in [0.15, 0.2) is 0 Å². The van der Waals surface area contributed by atoms with Crippen molar-refractivity contribution in [2.45, 2.75) is 46.3 Å². The van der Waals surface area contributed by atoms with Crippen LogP contribution < -0.4 is 5.32 Å². The average Bonchev–Trinajstić information content (AvgIpc) is 2.28. The molecule has 96 valence electrons. The first kappa shape index (κ1) is 13.9. The zero-order valence-corrected chi connectivity index (χ0v) is 11.3. The zero-order valence-electron chi connectivity index (χ0n) is 11.3. The Bertz CT molecular complexity index is 187. The van der Waals surface area contributed by atoms with Gasteiger partial charge in [0.05, 0.1) is 12.7 Å². The average molecular weight is 228 g/mol. The van der Waals surface area contributed by atoms with Crippen LogP contribution in [0.5, 0.6) is 0 Å². The van der Waals surface area contributed by atoms with Gasteiger partial charge in [-0.2, -0.15) is 0 Å². The van der Waals surface area contributed by atoms with E-state index in [-0.39, 0.29) is 0 Å². The predicted molar refractivity (Wildman–Crippen MR) is 68.8 cm³/mol. The van der Waals surface area contributed by atoms with Gasteiger partial charge in [0.1, 0.15) is 0 Å². The minimum absolute atomic E-state index is 0.395. The number of rotatable bonds is 6. The molecular weight excluding hydrogens is 200 g/mol. The van der Waals surface area contributed by atoms with Crippen LogP contribution in [0.4, 0.5) is 0 Å². The molecule has 1 heterocycles. The third-order valence-corrected chi connectivity index (χ3v) is 3.57. The van der Waals surface area contributed by atoms with E-state index in [1.54, 1.807) is 0 Å². The third-order valence-electron chi connectivity index (χ3n) is 3.57. The summed E-state index contributed by atoms with van der Waals surface area (Å²) in [7, 11) is 0. The largest absolute Gasteiger partial charge is 0.376 e. The lowest BCUT2D eigenvalue weighted by Crippen LogP contribution is -2.49. The highest BCUT2D eigenvalue weighted by Gasteiger charge is 2.24. The highest BCUT2D eigenvalue weighted by Crippen LogP contribution is 2.14. The second kappa shape index (κ2) is 7.25. The van der Waals surface area contributed by atoms with Crippen LogP contribution in [0.1, 0.15) is 34.1 Å². The first-order valence-electron chi connectivity index (χ1n) is 6.71. The van der Waals surface area contributed by atoms with E-state index in [1.807, 2.05) is 0 Å². The summed E-state index contributed by atoms with van der Waals surface area (Å²) in [5, 5.41) is 3.51. The Hall–Kier alpha value is -0.120. The van der Waals surface area contributed by atoms with Crippen molar-refractivity contribution in [2.75, 3.05) is 32.8 Å². The maximum Gasteiger partial charge on any atom is 0.0674 e. The smallest absolute Gasteiger partial charge is 0.0674 e. The van der Waals surface area contributed by atoms with E-state index in [9.17, 15) is 0 Å². The molecule has 1 aliphatic heterocycles. The van der Waals surface area contributed by atoms with Crippen LogP contribution in [0, 0.1) is 5.92 Å². The standard InChI is InChI=1S/C13H28N2O/c1-5-6-14-9-11(2)13(4)15-7-8-16-12(3)10-15/h11-14H,5-10H2,1-4H3.